The molecule has 5 aromatic rings. The molecule has 10 nitrogen and oxygen atoms in total. The van der Waals surface area contributed by atoms with Crippen LogP contribution in [0, 0.1) is 11.6 Å². The van der Waals surface area contributed by atoms with Crippen molar-refractivity contribution in [2.24, 2.45) is 0 Å². The summed E-state index contributed by atoms with van der Waals surface area (Å²) >= 11 is 5.09. The van der Waals surface area contributed by atoms with E-state index < -0.39 is 23.6 Å². The van der Waals surface area contributed by atoms with Crippen molar-refractivity contribution < 1.29 is 37.7 Å². The summed E-state index contributed by atoms with van der Waals surface area (Å²) in [6.07, 6.45) is 2.18. The number of anilines is 1. The van der Waals surface area contributed by atoms with Gasteiger partial charge in [-0.25, -0.2) is 8.78 Å². The topological polar surface area (TPSA) is 103 Å². The molecule has 1 atom stereocenters. The highest BCUT2D eigenvalue weighted by atomic mass is 79.9. The summed E-state index contributed by atoms with van der Waals surface area (Å²) < 4.78 is 46.0. The molecule has 0 bridgehead atoms. The highest BCUT2D eigenvalue weighted by Gasteiger charge is 2.42. The molecule has 14 heteroatoms. The van der Waals surface area contributed by atoms with Crippen molar-refractivity contribution in [1.29, 1.82) is 0 Å². The summed E-state index contributed by atoms with van der Waals surface area (Å²) in [6, 6.07) is 21.8. The maximum absolute atomic E-state index is 16.0. The fraction of sp³-hybridized carbons (Fsp3) is 0.356. The number of nitrogens with zero attached hydrogens (tertiary/aromatic N) is 4. The van der Waals surface area contributed by atoms with Gasteiger partial charge in [0, 0.05) is 65.3 Å². The van der Waals surface area contributed by atoms with E-state index in [2.05, 4.69) is 25.7 Å². The van der Waals surface area contributed by atoms with Gasteiger partial charge in [0.1, 0.15) is 41.1 Å². The molecular formula is C45H43BrF2N4O6S. The van der Waals surface area contributed by atoms with Crippen LogP contribution in [0.5, 0.6) is 23.0 Å². The second-order valence-corrected chi connectivity index (χ2v) is 17.6. The number of aromatic hydroxyl groups is 1. The molecule has 2 saturated heterocycles. The SMILES string of the molecule is O=C1CCC(N2Cc3c(cc(F)c(N4CCN(C5CCN(CCOc6ccc(Oc7c(-c8ccc(Br)cc8)sc8cc(O)ccc78)cc6)CC5)CC4)c3F)C2=O)C(=O)C1. The third kappa shape index (κ3) is 8.07. The van der Waals surface area contributed by atoms with Gasteiger partial charge in [-0.2, -0.15) is 0 Å². The number of phenols is 1. The van der Waals surface area contributed by atoms with Crippen LogP contribution in [0.1, 0.15) is 48.0 Å². The van der Waals surface area contributed by atoms with Gasteiger partial charge in [-0.3, -0.25) is 24.2 Å². The van der Waals surface area contributed by atoms with E-state index in [0.717, 1.165) is 75.0 Å². The predicted octanol–water partition coefficient (Wildman–Crippen LogP) is 8.42. The number of piperidine rings is 1. The van der Waals surface area contributed by atoms with Gasteiger partial charge in [-0.1, -0.05) is 28.1 Å². The summed E-state index contributed by atoms with van der Waals surface area (Å²) in [7, 11) is 0. The van der Waals surface area contributed by atoms with Gasteiger partial charge < -0.3 is 24.4 Å². The van der Waals surface area contributed by atoms with Crippen molar-refractivity contribution in [3.8, 4) is 33.4 Å². The van der Waals surface area contributed by atoms with E-state index in [1.54, 1.807) is 28.4 Å². The Morgan fingerprint density at radius 1 is 0.847 bits per heavy atom. The first kappa shape index (κ1) is 39.6. The Hall–Kier alpha value is -4.89. The van der Waals surface area contributed by atoms with Crippen molar-refractivity contribution in [2.75, 3.05) is 57.3 Å². The smallest absolute Gasteiger partial charge is 0.255 e. The van der Waals surface area contributed by atoms with E-state index >= 15 is 8.78 Å². The lowest BCUT2D eigenvalue weighted by molar-refractivity contribution is -0.133. The molecule has 1 aliphatic carbocycles. The summed E-state index contributed by atoms with van der Waals surface area (Å²) in [6.45, 7) is 5.40. The lowest BCUT2D eigenvalue weighted by Crippen LogP contribution is -2.53. The van der Waals surface area contributed by atoms with Crippen LogP contribution in [0.3, 0.4) is 0 Å². The first-order chi connectivity index (χ1) is 28.6. The number of benzene rings is 4. The van der Waals surface area contributed by atoms with Crippen LogP contribution < -0.4 is 14.4 Å². The van der Waals surface area contributed by atoms with Gasteiger partial charge in [-0.15, -0.1) is 11.3 Å². The Kier molecular flexibility index (Phi) is 11.2. The van der Waals surface area contributed by atoms with Crippen LogP contribution in [0.15, 0.2) is 77.3 Å². The number of ether oxygens (including phenoxy) is 2. The second-order valence-electron chi connectivity index (χ2n) is 15.7. The Morgan fingerprint density at radius 2 is 1.58 bits per heavy atom. The highest BCUT2D eigenvalue weighted by molar-refractivity contribution is 9.10. The molecule has 1 amide bonds. The Bertz CT molecular complexity index is 2410. The highest BCUT2D eigenvalue weighted by Crippen LogP contribution is 2.47. The number of amides is 1. The minimum absolute atomic E-state index is 0.0362. The number of fused-ring (bicyclic) bond motifs is 2. The lowest BCUT2D eigenvalue weighted by atomic mass is 9.92. The van der Waals surface area contributed by atoms with E-state index in [0.29, 0.717) is 44.6 Å². The number of thiophene rings is 1. The number of ketones is 2. The minimum Gasteiger partial charge on any atom is -0.508 e. The van der Waals surface area contributed by atoms with Crippen molar-refractivity contribution in [3.63, 3.8) is 0 Å². The molecule has 1 unspecified atom stereocenters. The number of hydrogen-bond donors (Lipinski definition) is 1. The zero-order valence-corrected chi connectivity index (χ0v) is 34.7. The molecule has 3 aliphatic heterocycles. The van der Waals surface area contributed by atoms with Gasteiger partial charge in [0.2, 0.25) is 0 Å². The molecule has 1 saturated carbocycles. The monoisotopic (exact) mass is 884 g/mol. The average molecular weight is 886 g/mol. The molecule has 3 fully saturated rings. The lowest BCUT2D eigenvalue weighted by Gasteiger charge is -2.43. The second kappa shape index (κ2) is 16.6. The van der Waals surface area contributed by atoms with Crippen molar-refractivity contribution >= 4 is 60.5 Å². The van der Waals surface area contributed by atoms with Crippen molar-refractivity contribution in [3.05, 3.63) is 100 Å². The zero-order valence-electron chi connectivity index (χ0n) is 32.3. The number of rotatable bonds is 10. The predicted molar refractivity (Wildman–Crippen MR) is 226 cm³/mol. The number of carbonyl (C=O) groups excluding carboxylic acids is 3. The fourth-order valence-corrected chi connectivity index (χ4v) is 10.3. The number of carbonyl (C=O) groups is 3. The van der Waals surface area contributed by atoms with Crippen molar-refractivity contribution in [1.82, 2.24) is 14.7 Å². The van der Waals surface area contributed by atoms with Gasteiger partial charge in [0.25, 0.3) is 5.91 Å². The maximum Gasteiger partial charge on any atom is 0.255 e. The number of likely N-dealkylation sites (tertiary alicyclic amines) is 1. The van der Waals surface area contributed by atoms with Crippen LogP contribution >= 0.6 is 27.3 Å². The quantitative estimate of drug-likeness (QED) is 0.139. The van der Waals surface area contributed by atoms with Crippen molar-refractivity contribution in [2.45, 2.75) is 50.7 Å². The largest absolute Gasteiger partial charge is 0.508 e. The molecule has 0 spiro atoms. The molecule has 0 radical (unpaired) electrons. The molecule has 9 rings (SSSR count). The maximum atomic E-state index is 16.0. The molecule has 1 N–H and O–H groups in total. The van der Waals surface area contributed by atoms with Gasteiger partial charge in [0.15, 0.2) is 17.3 Å². The van der Waals surface area contributed by atoms with Crippen LogP contribution in [-0.2, 0) is 16.1 Å². The van der Waals surface area contributed by atoms with Gasteiger partial charge in [0.05, 0.1) is 29.4 Å². The number of Topliss-reactive ketones (excluding diaryl/α,β-unsaturated/α-hetero) is 2. The number of halogens is 3. The minimum atomic E-state index is -0.782. The molecule has 1 aromatic heterocycles. The van der Waals surface area contributed by atoms with Crippen LogP contribution in [0.2, 0.25) is 0 Å². The van der Waals surface area contributed by atoms with E-state index in [9.17, 15) is 19.5 Å². The molecule has 306 valence electrons. The fourth-order valence-electron chi connectivity index (χ4n) is 8.91. The standard InChI is InChI=1S/C45H43BrF2N4O6S/c46-28-3-1-27(2-4-28)44-43(34-11-5-31(54)24-40(34)59-44)58-33-9-7-32(8-10-33)57-22-21-49-15-13-29(14-16-49)50-17-19-51(20-18-50)42-37(47)25-35-36(41(42)48)26-52(45(35)56)38-12-6-30(53)23-39(38)55/h1-5,7-11,24-25,29,38,54H,6,12-23,26H2. The van der Waals surface area contributed by atoms with E-state index in [1.807, 2.05) is 54.6 Å². The van der Waals surface area contributed by atoms with Crippen LogP contribution in [0.25, 0.3) is 20.5 Å². The summed E-state index contributed by atoms with van der Waals surface area (Å²) in [5.41, 5.74) is 1.01. The molecule has 4 heterocycles. The first-order valence-electron chi connectivity index (χ1n) is 20.1. The van der Waals surface area contributed by atoms with Crippen LogP contribution in [0.4, 0.5) is 14.5 Å². The summed E-state index contributed by atoms with van der Waals surface area (Å²) in [5, 5.41) is 11.0. The Labute approximate surface area is 353 Å². The Balaban J connectivity index is 0.743. The van der Waals surface area contributed by atoms with Gasteiger partial charge in [-0.05, 0) is 98.6 Å². The average Bonchev–Trinajstić information content (AvgIpc) is 3.75. The van der Waals surface area contributed by atoms with E-state index in [4.69, 9.17) is 9.47 Å². The normalized spacial score (nSPS) is 19.5. The zero-order chi connectivity index (χ0) is 40.8. The van der Waals surface area contributed by atoms with Crippen LogP contribution in [-0.4, -0.2) is 102 Å². The van der Waals surface area contributed by atoms with E-state index in [-0.39, 0.29) is 59.9 Å². The number of hydrogen-bond acceptors (Lipinski definition) is 10. The third-order valence-electron chi connectivity index (χ3n) is 12.1. The molecular weight excluding hydrogens is 842 g/mol. The molecule has 59 heavy (non-hydrogen) atoms. The van der Waals surface area contributed by atoms with Gasteiger partial charge >= 0.3 is 0 Å². The Morgan fingerprint density at radius 3 is 2.31 bits per heavy atom. The first-order valence-corrected chi connectivity index (χ1v) is 21.7. The third-order valence-corrected chi connectivity index (χ3v) is 13.8. The molecule has 4 aliphatic rings. The summed E-state index contributed by atoms with van der Waals surface area (Å²) in [5.74, 6) is -0.149. The number of phenolic OH excluding ortho intramolecular Hbond substituents is 1. The summed E-state index contributed by atoms with van der Waals surface area (Å²) in [4.78, 5) is 46.3. The number of piperazine rings is 1. The van der Waals surface area contributed by atoms with E-state index in [1.165, 1.54) is 4.90 Å². The molecule has 4 aromatic carbocycles.